The second-order valence-corrected chi connectivity index (χ2v) is 9.41. The van der Waals surface area contributed by atoms with E-state index in [1.165, 1.54) is 36.8 Å². The van der Waals surface area contributed by atoms with Crippen LogP contribution in [-0.4, -0.2) is 35.1 Å². The molecule has 0 aliphatic heterocycles. The zero-order chi connectivity index (χ0) is 22.2. The minimum absolute atomic E-state index is 0.0930. The molecule has 2 aliphatic carbocycles. The van der Waals surface area contributed by atoms with Crippen molar-refractivity contribution in [2.75, 3.05) is 19.6 Å². The Morgan fingerprint density at radius 2 is 2.16 bits per heavy atom. The molecule has 2 bridgehead atoms. The van der Waals surface area contributed by atoms with Gasteiger partial charge in [-0.05, 0) is 99.2 Å². The van der Waals surface area contributed by atoms with Crippen LogP contribution in [0.5, 0.6) is 0 Å². The number of nitrogens with zero attached hydrogens (tertiary/aromatic N) is 2. The van der Waals surface area contributed by atoms with Crippen LogP contribution >= 0.6 is 11.6 Å². The van der Waals surface area contributed by atoms with E-state index in [0.29, 0.717) is 17.1 Å². The van der Waals surface area contributed by atoms with Crippen molar-refractivity contribution in [1.82, 2.24) is 20.2 Å². The second-order valence-electron chi connectivity index (χ2n) is 9.00. The van der Waals surface area contributed by atoms with E-state index >= 15 is 0 Å². The molecule has 1 saturated carbocycles. The fourth-order valence-electron chi connectivity index (χ4n) is 4.74. The lowest BCUT2D eigenvalue weighted by atomic mass is 9.78. The molecule has 170 valence electrons. The van der Waals surface area contributed by atoms with E-state index in [4.69, 9.17) is 11.6 Å². The summed E-state index contributed by atoms with van der Waals surface area (Å²) in [5.74, 6) is 0.655. The molecular formula is C26H33ClN4O. The number of rotatable bonds is 11. The van der Waals surface area contributed by atoms with E-state index in [-0.39, 0.29) is 5.91 Å². The SMILES string of the molecule is O=C(NCC1=C=C2CCCC(C2)C1)c1cc(CCCNCCCn2ccnc2)ccc1Cl. The zero-order valence-electron chi connectivity index (χ0n) is 18.7. The highest BCUT2D eigenvalue weighted by atomic mass is 35.5. The number of benzene rings is 1. The van der Waals surface area contributed by atoms with Crippen LogP contribution in [0.25, 0.3) is 0 Å². The number of carbonyl (C=O) groups excluding carboxylic acids is 1. The van der Waals surface area contributed by atoms with Gasteiger partial charge in [-0.3, -0.25) is 4.79 Å². The van der Waals surface area contributed by atoms with Gasteiger partial charge in [0.2, 0.25) is 0 Å². The van der Waals surface area contributed by atoms with E-state index in [1.54, 1.807) is 0 Å². The summed E-state index contributed by atoms with van der Waals surface area (Å²) in [5, 5.41) is 7.07. The van der Waals surface area contributed by atoms with Gasteiger partial charge in [-0.25, -0.2) is 4.98 Å². The van der Waals surface area contributed by atoms with E-state index in [1.807, 2.05) is 36.9 Å². The number of aryl methyl sites for hydroxylation is 2. The summed E-state index contributed by atoms with van der Waals surface area (Å²) < 4.78 is 2.09. The quantitative estimate of drug-likeness (QED) is 0.375. The van der Waals surface area contributed by atoms with Crippen LogP contribution < -0.4 is 10.6 Å². The predicted molar refractivity (Wildman–Crippen MR) is 129 cm³/mol. The predicted octanol–water partition coefficient (Wildman–Crippen LogP) is 4.92. The second kappa shape index (κ2) is 11.5. The van der Waals surface area contributed by atoms with Gasteiger partial charge in [0.05, 0.1) is 16.9 Å². The summed E-state index contributed by atoms with van der Waals surface area (Å²) in [7, 11) is 0. The normalized spacial score (nSPS) is 17.6. The average Bonchev–Trinajstić information content (AvgIpc) is 3.31. The Morgan fingerprint density at radius 1 is 1.25 bits per heavy atom. The van der Waals surface area contributed by atoms with Gasteiger partial charge >= 0.3 is 0 Å². The lowest BCUT2D eigenvalue weighted by molar-refractivity contribution is 0.0956. The molecule has 1 amide bonds. The third kappa shape index (κ3) is 6.59. The smallest absolute Gasteiger partial charge is 0.253 e. The van der Waals surface area contributed by atoms with Gasteiger partial charge in [0.15, 0.2) is 0 Å². The molecule has 1 unspecified atom stereocenters. The summed E-state index contributed by atoms with van der Waals surface area (Å²) in [6, 6.07) is 5.81. The third-order valence-electron chi connectivity index (χ3n) is 6.40. The molecule has 4 rings (SSSR count). The monoisotopic (exact) mass is 452 g/mol. The highest BCUT2D eigenvalue weighted by Crippen LogP contribution is 2.35. The molecule has 0 radical (unpaired) electrons. The number of aromatic nitrogens is 2. The third-order valence-corrected chi connectivity index (χ3v) is 6.73. The molecular weight excluding hydrogens is 420 g/mol. The van der Waals surface area contributed by atoms with Crippen LogP contribution in [-0.2, 0) is 13.0 Å². The first kappa shape index (κ1) is 22.8. The fourth-order valence-corrected chi connectivity index (χ4v) is 4.95. The van der Waals surface area contributed by atoms with E-state index < -0.39 is 0 Å². The van der Waals surface area contributed by atoms with Crippen LogP contribution in [0.3, 0.4) is 0 Å². The average molecular weight is 453 g/mol. The summed E-state index contributed by atoms with van der Waals surface area (Å²) in [5.41, 5.74) is 7.94. The Bertz CT molecular complexity index is 976. The van der Waals surface area contributed by atoms with Gasteiger partial charge in [-0.15, -0.1) is 5.73 Å². The van der Waals surface area contributed by atoms with Crippen molar-refractivity contribution in [2.24, 2.45) is 5.92 Å². The van der Waals surface area contributed by atoms with E-state index in [0.717, 1.165) is 56.8 Å². The Hall–Kier alpha value is -2.33. The molecule has 1 aromatic heterocycles. The minimum Gasteiger partial charge on any atom is -0.348 e. The summed E-state index contributed by atoms with van der Waals surface area (Å²) in [6.45, 7) is 3.50. The molecule has 6 heteroatoms. The molecule has 0 spiro atoms. The molecule has 2 N–H and O–H groups in total. The number of amides is 1. The number of fused-ring (bicyclic) bond motifs is 2. The lowest BCUT2D eigenvalue weighted by Gasteiger charge is -2.27. The molecule has 32 heavy (non-hydrogen) atoms. The first-order valence-electron chi connectivity index (χ1n) is 11.9. The molecule has 5 nitrogen and oxygen atoms in total. The van der Waals surface area contributed by atoms with Crippen LogP contribution in [0.1, 0.15) is 60.9 Å². The van der Waals surface area contributed by atoms with E-state index in [9.17, 15) is 4.79 Å². The summed E-state index contributed by atoms with van der Waals surface area (Å²) in [4.78, 5) is 16.8. The largest absolute Gasteiger partial charge is 0.348 e. The van der Waals surface area contributed by atoms with Crippen molar-refractivity contribution >= 4 is 17.5 Å². The van der Waals surface area contributed by atoms with Crippen molar-refractivity contribution in [2.45, 2.75) is 57.9 Å². The number of imidazole rings is 1. The van der Waals surface area contributed by atoms with Gasteiger partial charge in [0.25, 0.3) is 5.91 Å². The molecule has 0 saturated heterocycles. The maximum atomic E-state index is 12.8. The van der Waals surface area contributed by atoms with Gasteiger partial charge < -0.3 is 15.2 Å². The number of carbonyl (C=O) groups is 1. The summed E-state index contributed by atoms with van der Waals surface area (Å²) >= 11 is 6.35. The van der Waals surface area contributed by atoms with Crippen LogP contribution in [0.2, 0.25) is 5.02 Å². The van der Waals surface area contributed by atoms with Crippen LogP contribution in [0.4, 0.5) is 0 Å². The van der Waals surface area contributed by atoms with Gasteiger partial charge in [0.1, 0.15) is 0 Å². The molecule has 2 aliphatic rings. The van der Waals surface area contributed by atoms with Crippen molar-refractivity contribution in [3.05, 3.63) is 69.9 Å². The molecule has 1 atom stereocenters. The van der Waals surface area contributed by atoms with Crippen LogP contribution in [0.15, 0.2) is 53.8 Å². The van der Waals surface area contributed by atoms with Crippen LogP contribution in [0, 0.1) is 5.92 Å². The first-order valence-corrected chi connectivity index (χ1v) is 12.2. The zero-order valence-corrected chi connectivity index (χ0v) is 19.5. The van der Waals surface area contributed by atoms with Crippen molar-refractivity contribution < 1.29 is 4.79 Å². The molecule has 1 heterocycles. The van der Waals surface area contributed by atoms with Gasteiger partial charge in [-0.1, -0.05) is 17.7 Å². The highest BCUT2D eigenvalue weighted by molar-refractivity contribution is 6.33. The van der Waals surface area contributed by atoms with Crippen molar-refractivity contribution in [1.29, 1.82) is 0 Å². The van der Waals surface area contributed by atoms with Gasteiger partial charge in [-0.2, -0.15) is 0 Å². The topological polar surface area (TPSA) is 59.0 Å². The summed E-state index contributed by atoms with van der Waals surface area (Å²) in [6.07, 6.45) is 14.7. The first-order chi connectivity index (χ1) is 15.7. The van der Waals surface area contributed by atoms with Crippen molar-refractivity contribution in [3.63, 3.8) is 0 Å². The Balaban J connectivity index is 1.20. The number of hydrogen-bond acceptors (Lipinski definition) is 3. The Labute approximate surface area is 196 Å². The molecule has 1 fully saturated rings. The van der Waals surface area contributed by atoms with Gasteiger partial charge in [0, 0.05) is 25.5 Å². The number of nitrogens with one attached hydrogen (secondary N) is 2. The lowest BCUT2D eigenvalue weighted by Crippen LogP contribution is -2.27. The Kier molecular flexibility index (Phi) is 8.22. The van der Waals surface area contributed by atoms with E-state index in [2.05, 4.69) is 25.9 Å². The van der Waals surface area contributed by atoms with Crippen molar-refractivity contribution in [3.8, 4) is 0 Å². The molecule has 2 aromatic rings. The number of halogens is 1. The number of hydrogen-bond donors (Lipinski definition) is 2. The standard InChI is InChI=1S/C26H33ClN4O/c27-25-8-7-20(6-2-9-28-10-3-12-31-13-11-29-19-31)17-24(25)26(32)30-18-23-15-21-4-1-5-22(14-21)16-23/h7-8,11,13,17,19,21,28H,1-6,9-10,12,14-15,18H2,(H,30,32). The fraction of sp³-hybridized carbons (Fsp3) is 0.500. The minimum atomic E-state index is -0.0930. The Morgan fingerprint density at radius 3 is 3.00 bits per heavy atom. The molecule has 1 aromatic carbocycles. The maximum absolute atomic E-state index is 12.8. The highest BCUT2D eigenvalue weighted by Gasteiger charge is 2.22. The maximum Gasteiger partial charge on any atom is 0.253 e.